The van der Waals surface area contributed by atoms with Crippen molar-refractivity contribution in [2.75, 3.05) is 6.61 Å². The Hall–Kier alpha value is 1.10. The first kappa shape index (κ1) is 18.1. The SMILES string of the molecule is CC(C)(CCCOc1c(I)cc(I)cc1I)C(N)=S. The number of hydrogen-bond donors (Lipinski definition) is 1. The summed E-state index contributed by atoms with van der Waals surface area (Å²) in [6, 6.07) is 4.25. The number of hydrogen-bond acceptors (Lipinski definition) is 2. The van der Waals surface area contributed by atoms with E-state index < -0.39 is 0 Å². The van der Waals surface area contributed by atoms with Crippen LogP contribution in [0.25, 0.3) is 0 Å². The zero-order valence-corrected chi connectivity index (χ0v) is 18.1. The summed E-state index contributed by atoms with van der Waals surface area (Å²) in [4.78, 5) is 0.575. The molecule has 0 fully saturated rings. The Morgan fingerprint density at radius 1 is 1.26 bits per heavy atom. The number of ether oxygens (including phenoxy) is 1. The van der Waals surface area contributed by atoms with Crippen LogP contribution in [0.2, 0.25) is 0 Å². The Balaban J connectivity index is 2.53. The number of nitrogens with two attached hydrogens (primary N) is 1. The largest absolute Gasteiger partial charge is 0.491 e. The molecular formula is C13H16I3NOS. The summed E-state index contributed by atoms with van der Waals surface area (Å²) in [6.07, 6.45) is 1.89. The van der Waals surface area contributed by atoms with Gasteiger partial charge in [0, 0.05) is 8.99 Å². The van der Waals surface area contributed by atoms with Crippen molar-refractivity contribution in [1.82, 2.24) is 0 Å². The molecular weight excluding hydrogens is 599 g/mol. The highest BCUT2D eigenvalue weighted by atomic mass is 127. The summed E-state index contributed by atoms with van der Waals surface area (Å²) in [7, 11) is 0. The van der Waals surface area contributed by atoms with Gasteiger partial charge in [0.2, 0.25) is 0 Å². The number of benzene rings is 1. The minimum absolute atomic E-state index is 0.0922. The van der Waals surface area contributed by atoms with Crippen LogP contribution in [0.1, 0.15) is 26.7 Å². The van der Waals surface area contributed by atoms with Crippen LogP contribution in [-0.4, -0.2) is 11.6 Å². The van der Waals surface area contributed by atoms with Gasteiger partial charge in [0.1, 0.15) is 5.75 Å². The summed E-state index contributed by atoms with van der Waals surface area (Å²) in [5.74, 6) is 0.981. The summed E-state index contributed by atoms with van der Waals surface area (Å²) in [5.41, 5.74) is 5.62. The van der Waals surface area contributed by atoms with Crippen LogP contribution in [0.3, 0.4) is 0 Å². The molecule has 0 aliphatic heterocycles. The van der Waals surface area contributed by atoms with Gasteiger partial charge in [-0.05, 0) is 92.7 Å². The van der Waals surface area contributed by atoms with E-state index in [1.54, 1.807) is 0 Å². The highest BCUT2D eigenvalue weighted by Gasteiger charge is 2.20. The molecule has 2 N–H and O–H groups in total. The van der Waals surface area contributed by atoms with Crippen molar-refractivity contribution in [3.63, 3.8) is 0 Å². The Morgan fingerprint density at radius 3 is 2.26 bits per heavy atom. The molecule has 0 radical (unpaired) electrons. The molecule has 2 nitrogen and oxygen atoms in total. The molecule has 1 aromatic rings. The lowest BCUT2D eigenvalue weighted by Crippen LogP contribution is -2.30. The summed E-state index contributed by atoms with van der Waals surface area (Å²) in [6.45, 7) is 4.85. The predicted molar refractivity (Wildman–Crippen MR) is 110 cm³/mol. The van der Waals surface area contributed by atoms with Crippen molar-refractivity contribution >= 4 is 85.0 Å². The van der Waals surface area contributed by atoms with Gasteiger partial charge in [0.05, 0.1) is 18.7 Å². The average molecular weight is 615 g/mol. The summed E-state index contributed by atoms with van der Waals surface area (Å²) in [5, 5.41) is 0. The Labute approximate surface area is 161 Å². The number of rotatable bonds is 6. The standard InChI is InChI=1S/C13H16I3NOS/c1-13(2,12(17)19)4-3-5-18-11-9(15)6-8(14)7-10(11)16/h6-7H,3-5H2,1-2H3,(H2,17,19). The highest BCUT2D eigenvalue weighted by molar-refractivity contribution is 14.1. The lowest BCUT2D eigenvalue weighted by molar-refractivity contribution is 0.284. The Kier molecular flexibility index (Phi) is 7.57. The Morgan fingerprint density at radius 2 is 1.79 bits per heavy atom. The van der Waals surface area contributed by atoms with Crippen molar-refractivity contribution in [1.29, 1.82) is 0 Å². The third-order valence-corrected chi connectivity index (χ3v) is 5.60. The number of halogens is 3. The molecule has 0 saturated heterocycles. The van der Waals surface area contributed by atoms with Crippen LogP contribution >= 0.6 is 80.0 Å². The zero-order chi connectivity index (χ0) is 14.6. The van der Waals surface area contributed by atoms with Gasteiger partial charge in [-0.1, -0.05) is 26.1 Å². The maximum Gasteiger partial charge on any atom is 0.145 e. The molecule has 0 amide bonds. The van der Waals surface area contributed by atoms with Gasteiger partial charge in [-0.3, -0.25) is 0 Å². The first-order chi connectivity index (χ1) is 8.74. The second-order valence-corrected chi connectivity index (χ2v) is 8.91. The molecule has 6 heteroatoms. The van der Waals surface area contributed by atoms with Crippen LogP contribution in [0.5, 0.6) is 5.75 Å². The van der Waals surface area contributed by atoms with Gasteiger partial charge in [-0.15, -0.1) is 0 Å². The van der Waals surface area contributed by atoms with Gasteiger partial charge in [-0.2, -0.15) is 0 Å². The fourth-order valence-electron chi connectivity index (χ4n) is 1.48. The van der Waals surface area contributed by atoms with Gasteiger partial charge >= 0.3 is 0 Å². The third-order valence-electron chi connectivity index (χ3n) is 2.82. The van der Waals surface area contributed by atoms with Gasteiger partial charge in [-0.25, -0.2) is 0 Å². The van der Waals surface area contributed by atoms with Crippen molar-refractivity contribution in [3.05, 3.63) is 22.8 Å². The quantitative estimate of drug-likeness (QED) is 0.279. The fourth-order valence-corrected chi connectivity index (χ4v) is 5.47. The van der Waals surface area contributed by atoms with E-state index in [0.29, 0.717) is 11.6 Å². The second kappa shape index (κ2) is 7.92. The molecule has 0 aliphatic carbocycles. The first-order valence-corrected chi connectivity index (χ1v) is 9.46. The van der Waals surface area contributed by atoms with Gasteiger partial charge in [0.25, 0.3) is 0 Å². The van der Waals surface area contributed by atoms with Crippen molar-refractivity contribution in [2.24, 2.45) is 11.1 Å². The van der Waals surface area contributed by atoms with Crippen LogP contribution < -0.4 is 10.5 Å². The van der Waals surface area contributed by atoms with E-state index in [9.17, 15) is 0 Å². The fraction of sp³-hybridized carbons (Fsp3) is 0.462. The van der Waals surface area contributed by atoms with E-state index >= 15 is 0 Å². The highest BCUT2D eigenvalue weighted by Crippen LogP contribution is 2.30. The van der Waals surface area contributed by atoms with E-state index in [0.717, 1.165) is 25.7 Å². The van der Waals surface area contributed by atoms with Crippen LogP contribution in [0.4, 0.5) is 0 Å². The van der Waals surface area contributed by atoms with E-state index in [1.165, 1.54) is 3.57 Å². The molecule has 0 aliphatic rings. The number of thiocarbonyl (C=S) groups is 1. The van der Waals surface area contributed by atoms with E-state index in [1.807, 2.05) is 0 Å². The lowest BCUT2D eigenvalue weighted by Gasteiger charge is -2.22. The van der Waals surface area contributed by atoms with Crippen molar-refractivity contribution in [3.8, 4) is 5.75 Å². The molecule has 0 heterocycles. The minimum atomic E-state index is -0.0922. The molecule has 19 heavy (non-hydrogen) atoms. The summed E-state index contributed by atoms with van der Waals surface area (Å²) >= 11 is 12.0. The molecule has 0 bridgehead atoms. The summed E-state index contributed by atoms with van der Waals surface area (Å²) < 4.78 is 9.44. The van der Waals surface area contributed by atoms with Gasteiger partial charge < -0.3 is 10.5 Å². The lowest BCUT2D eigenvalue weighted by atomic mass is 9.88. The second-order valence-electron chi connectivity index (χ2n) is 4.90. The van der Waals surface area contributed by atoms with Crippen LogP contribution in [-0.2, 0) is 0 Å². The zero-order valence-electron chi connectivity index (χ0n) is 10.8. The maximum absolute atomic E-state index is 5.90. The molecule has 1 rings (SSSR count). The molecule has 1 aromatic carbocycles. The van der Waals surface area contributed by atoms with E-state index in [4.69, 9.17) is 22.7 Å². The molecule has 0 atom stereocenters. The maximum atomic E-state index is 5.90. The first-order valence-electron chi connectivity index (χ1n) is 5.81. The predicted octanol–water partition coefficient (Wildman–Crippen LogP) is 4.97. The third kappa shape index (κ3) is 5.77. The van der Waals surface area contributed by atoms with Crippen LogP contribution in [0.15, 0.2) is 12.1 Å². The van der Waals surface area contributed by atoms with E-state index in [-0.39, 0.29) is 5.41 Å². The normalized spacial score (nSPS) is 11.4. The average Bonchev–Trinajstić information content (AvgIpc) is 2.26. The smallest absolute Gasteiger partial charge is 0.145 e. The van der Waals surface area contributed by atoms with Crippen molar-refractivity contribution < 1.29 is 4.74 Å². The molecule has 0 saturated carbocycles. The Bertz CT molecular complexity index is 454. The molecule has 0 unspecified atom stereocenters. The minimum Gasteiger partial charge on any atom is -0.491 e. The monoisotopic (exact) mass is 615 g/mol. The van der Waals surface area contributed by atoms with Crippen molar-refractivity contribution in [2.45, 2.75) is 26.7 Å². The molecule has 0 spiro atoms. The molecule has 106 valence electrons. The molecule has 0 aromatic heterocycles. The topological polar surface area (TPSA) is 35.2 Å². The van der Waals surface area contributed by atoms with E-state index in [2.05, 4.69) is 93.8 Å². The van der Waals surface area contributed by atoms with Gasteiger partial charge in [0.15, 0.2) is 0 Å². The van der Waals surface area contributed by atoms with Crippen LogP contribution in [0, 0.1) is 16.1 Å².